The Morgan fingerprint density at radius 1 is 1.26 bits per heavy atom. The first-order chi connectivity index (χ1) is 8.92. The van der Waals surface area contributed by atoms with Crippen LogP contribution in [0.3, 0.4) is 0 Å². The highest BCUT2D eigenvalue weighted by Gasteiger charge is 2.23. The van der Waals surface area contributed by atoms with Gasteiger partial charge >= 0.3 is 5.97 Å². The Bertz CT molecular complexity index is 381. The topological polar surface area (TPSA) is 26.3 Å². The molecule has 19 heavy (non-hydrogen) atoms. The number of thioether (sulfide) groups is 1. The highest BCUT2D eigenvalue weighted by atomic mass is 32.2. The maximum Gasteiger partial charge on any atom is 0.310 e. The summed E-state index contributed by atoms with van der Waals surface area (Å²) >= 11 is 1.81. The van der Waals surface area contributed by atoms with Crippen LogP contribution in [0.2, 0.25) is 0 Å². The van der Waals surface area contributed by atoms with Gasteiger partial charge in [-0.05, 0) is 18.9 Å². The predicted molar refractivity (Wildman–Crippen MR) is 82.5 cm³/mol. The van der Waals surface area contributed by atoms with Gasteiger partial charge in [-0.3, -0.25) is 4.79 Å². The summed E-state index contributed by atoms with van der Waals surface area (Å²) in [5.41, 5.74) is 1.19. The lowest BCUT2D eigenvalue weighted by atomic mass is 10.0. The van der Waals surface area contributed by atoms with Gasteiger partial charge in [-0.15, -0.1) is 0 Å². The second-order valence-corrected chi connectivity index (χ2v) is 7.41. The molecule has 0 bridgehead atoms. The van der Waals surface area contributed by atoms with Crippen LogP contribution in [0, 0.1) is 5.92 Å². The predicted octanol–water partition coefficient (Wildman–Crippen LogP) is 3.94. The van der Waals surface area contributed by atoms with Crippen LogP contribution in [-0.4, -0.2) is 23.1 Å². The minimum Gasteiger partial charge on any atom is -0.466 e. The SMILES string of the molecule is CCOC(=O)C(CSC(C)(C)C)Cc1ccccc1. The number of benzene rings is 1. The molecule has 1 rings (SSSR count). The second kappa shape index (κ2) is 7.59. The van der Waals surface area contributed by atoms with E-state index in [9.17, 15) is 4.79 Å². The fourth-order valence-electron chi connectivity index (χ4n) is 1.72. The van der Waals surface area contributed by atoms with Gasteiger partial charge < -0.3 is 4.74 Å². The molecule has 0 aliphatic carbocycles. The molecule has 3 heteroatoms. The molecule has 1 aromatic carbocycles. The number of hydrogen-bond donors (Lipinski definition) is 0. The number of ether oxygens (including phenoxy) is 1. The summed E-state index contributed by atoms with van der Waals surface area (Å²) in [7, 11) is 0. The number of rotatable bonds is 6. The first-order valence-electron chi connectivity index (χ1n) is 6.77. The molecule has 106 valence electrons. The molecule has 2 nitrogen and oxygen atoms in total. The molecule has 1 unspecified atom stereocenters. The Labute approximate surface area is 120 Å². The third-order valence-electron chi connectivity index (χ3n) is 2.66. The lowest BCUT2D eigenvalue weighted by molar-refractivity contribution is -0.147. The van der Waals surface area contributed by atoms with Crippen LogP contribution < -0.4 is 0 Å². The zero-order valence-electron chi connectivity index (χ0n) is 12.3. The van der Waals surface area contributed by atoms with Crippen LogP contribution >= 0.6 is 11.8 Å². The van der Waals surface area contributed by atoms with Crippen molar-refractivity contribution in [3.05, 3.63) is 35.9 Å². The van der Waals surface area contributed by atoms with Gasteiger partial charge in [0.25, 0.3) is 0 Å². The molecular formula is C16H24O2S. The van der Waals surface area contributed by atoms with Crippen molar-refractivity contribution in [2.24, 2.45) is 5.92 Å². The van der Waals surface area contributed by atoms with Gasteiger partial charge in [-0.1, -0.05) is 51.1 Å². The van der Waals surface area contributed by atoms with Crippen LogP contribution in [0.4, 0.5) is 0 Å². The van der Waals surface area contributed by atoms with Gasteiger partial charge in [0.1, 0.15) is 0 Å². The average Bonchev–Trinajstić information content (AvgIpc) is 2.35. The zero-order chi connectivity index (χ0) is 14.3. The first kappa shape index (κ1) is 16.1. The molecule has 0 aromatic heterocycles. The van der Waals surface area contributed by atoms with Gasteiger partial charge in [0, 0.05) is 10.5 Å². The highest BCUT2D eigenvalue weighted by molar-refractivity contribution is 8.00. The van der Waals surface area contributed by atoms with Crippen molar-refractivity contribution in [3.8, 4) is 0 Å². The van der Waals surface area contributed by atoms with Crippen molar-refractivity contribution in [3.63, 3.8) is 0 Å². The average molecular weight is 280 g/mol. The molecule has 0 fully saturated rings. The lowest BCUT2D eigenvalue weighted by Crippen LogP contribution is -2.24. The summed E-state index contributed by atoms with van der Waals surface area (Å²) in [5.74, 6) is 0.659. The third-order valence-corrected chi connectivity index (χ3v) is 4.10. The summed E-state index contributed by atoms with van der Waals surface area (Å²) in [4.78, 5) is 12.0. The normalized spacial score (nSPS) is 13.1. The molecule has 0 aliphatic rings. The van der Waals surface area contributed by atoms with Gasteiger partial charge in [-0.25, -0.2) is 0 Å². The van der Waals surface area contributed by atoms with Gasteiger partial charge in [0.2, 0.25) is 0 Å². The molecule has 0 spiro atoms. The number of esters is 1. The van der Waals surface area contributed by atoms with Crippen LogP contribution in [-0.2, 0) is 16.0 Å². The van der Waals surface area contributed by atoms with Crippen LogP contribution in [0.1, 0.15) is 33.3 Å². The highest BCUT2D eigenvalue weighted by Crippen LogP contribution is 2.27. The molecule has 1 aromatic rings. The molecule has 0 amide bonds. The monoisotopic (exact) mass is 280 g/mol. The minimum absolute atomic E-state index is 0.0634. The maximum atomic E-state index is 12.0. The van der Waals surface area contributed by atoms with Crippen molar-refractivity contribution in [1.29, 1.82) is 0 Å². The van der Waals surface area contributed by atoms with E-state index < -0.39 is 0 Å². The molecule has 0 heterocycles. The largest absolute Gasteiger partial charge is 0.466 e. The summed E-state index contributed by atoms with van der Waals surface area (Å²) in [6.07, 6.45) is 0.753. The van der Waals surface area contributed by atoms with Crippen molar-refractivity contribution < 1.29 is 9.53 Å². The zero-order valence-corrected chi connectivity index (χ0v) is 13.1. The first-order valence-corrected chi connectivity index (χ1v) is 7.75. The Balaban J connectivity index is 2.66. The van der Waals surface area contributed by atoms with Crippen molar-refractivity contribution >= 4 is 17.7 Å². The summed E-state index contributed by atoms with van der Waals surface area (Å²) < 4.78 is 5.36. The molecule has 0 aliphatic heterocycles. The number of hydrogen-bond acceptors (Lipinski definition) is 3. The molecule has 0 saturated heterocycles. The minimum atomic E-state index is -0.0805. The van der Waals surface area contributed by atoms with E-state index in [0.29, 0.717) is 6.61 Å². The third kappa shape index (κ3) is 6.67. The van der Waals surface area contributed by atoms with E-state index in [1.54, 1.807) is 0 Å². The van der Waals surface area contributed by atoms with E-state index >= 15 is 0 Å². The van der Waals surface area contributed by atoms with Gasteiger partial charge in [0.15, 0.2) is 0 Å². The van der Waals surface area contributed by atoms with Crippen LogP contribution in [0.25, 0.3) is 0 Å². The smallest absolute Gasteiger partial charge is 0.310 e. The van der Waals surface area contributed by atoms with E-state index in [1.165, 1.54) is 5.56 Å². The van der Waals surface area contributed by atoms with Crippen molar-refractivity contribution in [2.75, 3.05) is 12.4 Å². The van der Waals surface area contributed by atoms with Crippen molar-refractivity contribution in [1.82, 2.24) is 0 Å². The molecule has 0 N–H and O–H groups in total. The van der Waals surface area contributed by atoms with Gasteiger partial charge in [-0.2, -0.15) is 11.8 Å². The Morgan fingerprint density at radius 2 is 1.89 bits per heavy atom. The second-order valence-electron chi connectivity index (χ2n) is 5.56. The van der Waals surface area contributed by atoms with E-state index in [1.807, 2.05) is 36.9 Å². The summed E-state index contributed by atoms with van der Waals surface area (Å²) in [5, 5.41) is 0. The quantitative estimate of drug-likeness (QED) is 0.738. The fourth-order valence-corrected chi connectivity index (χ4v) is 2.67. The fraction of sp³-hybridized carbons (Fsp3) is 0.562. The number of carbonyl (C=O) groups is 1. The van der Waals surface area contributed by atoms with E-state index in [0.717, 1.165) is 12.2 Å². The lowest BCUT2D eigenvalue weighted by Gasteiger charge is -2.22. The Kier molecular flexibility index (Phi) is 6.43. The van der Waals surface area contributed by atoms with E-state index in [-0.39, 0.29) is 16.6 Å². The summed E-state index contributed by atoms with van der Waals surface area (Å²) in [6.45, 7) is 8.81. The molecule has 1 atom stereocenters. The van der Waals surface area contributed by atoms with Crippen LogP contribution in [0.15, 0.2) is 30.3 Å². The summed E-state index contributed by atoms with van der Waals surface area (Å²) in [6, 6.07) is 10.1. The van der Waals surface area contributed by atoms with E-state index in [4.69, 9.17) is 4.74 Å². The van der Waals surface area contributed by atoms with Crippen LogP contribution in [0.5, 0.6) is 0 Å². The standard InChI is InChI=1S/C16H24O2S/c1-5-18-15(17)14(12-19-16(2,3)4)11-13-9-7-6-8-10-13/h6-10,14H,5,11-12H2,1-4H3. The Morgan fingerprint density at radius 3 is 2.42 bits per heavy atom. The molecule has 0 radical (unpaired) electrons. The Hall–Kier alpha value is -0.960. The maximum absolute atomic E-state index is 12.0. The van der Waals surface area contributed by atoms with Gasteiger partial charge in [0.05, 0.1) is 12.5 Å². The molecule has 0 saturated carbocycles. The molecular weight excluding hydrogens is 256 g/mol. The number of carbonyl (C=O) groups excluding carboxylic acids is 1. The van der Waals surface area contributed by atoms with E-state index in [2.05, 4.69) is 32.9 Å². The van der Waals surface area contributed by atoms with Crippen molar-refractivity contribution in [2.45, 2.75) is 38.9 Å².